The van der Waals surface area contributed by atoms with Gasteiger partial charge >= 0.3 is 5.97 Å². The van der Waals surface area contributed by atoms with Gasteiger partial charge in [-0.2, -0.15) is 5.10 Å². The van der Waals surface area contributed by atoms with Crippen LogP contribution in [-0.4, -0.2) is 25.7 Å². The third-order valence-corrected chi connectivity index (χ3v) is 4.73. The van der Waals surface area contributed by atoms with Crippen molar-refractivity contribution in [1.82, 2.24) is 19.7 Å². The van der Waals surface area contributed by atoms with Gasteiger partial charge in [0.25, 0.3) is 0 Å². The number of fused-ring (bicyclic) bond motifs is 1. The zero-order chi connectivity index (χ0) is 20.4. The minimum atomic E-state index is -0.437. The van der Waals surface area contributed by atoms with Gasteiger partial charge in [-0.1, -0.05) is 48.0 Å². The van der Waals surface area contributed by atoms with Gasteiger partial charge in [0.2, 0.25) is 0 Å². The predicted octanol–water partition coefficient (Wildman–Crippen LogP) is 5.08. The number of ether oxygens (including phenoxy) is 1. The van der Waals surface area contributed by atoms with Crippen molar-refractivity contribution in [2.75, 3.05) is 0 Å². The Labute approximate surface area is 173 Å². The van der Waals surface area contributed by atoms with Gasteiger partial charge in [-0.15, -0.1) is 0 Å². The van der Waals surface area contributed by atoms with E-state index in [1.165, 1.54) is 0 Å². The Hall–Kier alpha value is -3.25. The highest BCUT2D eigenvalue weighted by atomic mass is 35.5. The van der Waals surface area contributed by atoms with E-state index < -0.39 is 5.97 Å². The number of nitrogens with zero attached hydrogens (tertiary/aromatic N) is 4. The van der Waals surface area contributed by atoms with E-state index in [2.05, 4.69) is 10.1 Å². The molecule has 0 unspecified atom stereocenters. The molecule has 0 aliphatic rings. The summed E-state index contributed by atoms with van der Waals surface area (Å²) in [6.07, 6.45) is 3.25. The monoisotopic (exact) mass is 406 g/mol. The summed E-state index contributed by atoms with van der Waals surface area (Å²) in [5.41, 5.74) is 3.46. The normalized spacial score (nSPS) is 11.2. The van der Waals surface area contributed by atoms with E-state index in [1.54, 1.807) is 30.6 Å². The summed E-state index contributed by atoms with van der Waals surface area (Å²) in [7, 11) is 0. The van der Waals surface area contributed by atoms with Gasteiger partial charge in [0.15, 0.2) is 5.65 Å². The first-order chi connectivity index (χ1) is 14.0. The maximum atomic E-state index is 12.9. The Balaban J connectivity index is 1.73. The average Bonchev–Trinajstić information content (AvgIpc) is 3.17. The van der Waals surface area contributed by atoms with Crippen LogP contribution in [0.2, 0.25) is 5.15 Å². The minimum Gasteiger partial charge on any atom is -0.457 e. The molecule has 0 spiro atoms. The van der Waals surface area contributed by atoms with Crippen LogP contribution in [0.15, 0.2) is 60.9 Å². The first-order valence-electron chi connectivity index (χ1n) is 9.24. The fraction of sp³-hybridized carbons (Fsp3) is 0.182. The number of carbonyl (C=O) groups excluding carboxylic acids is 1. The second-order valence-corrected chi connectivity index (χ2v) is 7.29. The lowest BCUT2D eigenvalue weighted by Gasteiger charge is -2.11. The summed E-state index contributed by atoms with van der Waals surface area (Å²) < 4.78 is 7.34. The number of aromatic nitrogens is 4. The van der Waals surface area contributed by atoms with Crippen LogP contribution in [0.5, 0.6) is 0 Å². The zero-order valence-electron chi connectivity index (χ0n) is 16.0. The van der Waals surface area contributed by atoms with Crippen molar-refractivity contribution in [2.45, 2.75) is 26.5 Å². The second-order valence-electron chi connectivity index (χ2n) is 6.91. The first-order valence-corrected chi connectivity index (χ1v) is 9.62. The standard InChI is InChI=1S/C22H19ClN4O2/c1-14(2)27-21-18(12-25-27)17(10-19(26-21)16-6-4-3-5-7-16)22(28)29-13-15-8-9-20(23)24-11-15/h3-12,14H,13H2,1-2H3. The Morgan fingerprint density at radius 2 is 1.93 bits per heavy atom. The van der Waals surface area contributed by atoms with E-state index in [0.717, 1.165) is 11.1 Å². The Kier molecular flexibility index (Phi) is 5.27. The molecule has 0 bridgehead atoms. The molecule has 0 aliphatic heterocycles. The lowest BCUT2D eigenvalue weighted by atomic mass is 10.1. The van der Waals surface area contributed by atoms with Gasteiger partial charge < -0.3 is 4.74 Å². The predicted molar refractivity (Wildman–Crippen MR) is 112 cm³/mol. The topological polar surface area (TPSA) is 69.9 Å². The summed E-state index contributed by atoms with van der Waals surface area (Å²) in [6, 6.07) is 15.0. The van der Waals surface area contributed by atoms with Gasteiger partial charge in [-0.3, -0.25) is 0 Å². The molecule has 0 fully saturated rings. The molecule has 3 aromatic heterocycles. The van der Waals surface area contributed by atoms with E-state index in [-0.39, 0.29) is 12.6 Å². The molecular formula is C22H19ClN4O2. The number of pyridine rings is 2. The van der Waals surface area contributed by atoms with Gasteiger partial charge in [0.1, 0.15) is 11.8 Å². The van der Waals surface area contributed by atoms with E-state index in [9.17, 15) is 4.79 Å². The van der Waals surface area contributed by atoms with Gasteiger partial charge in [-0.25, -0.2) is 19.4 Å². The molecule has 0 N–H and O–H groups in total. The molecule has 1 aromatic carbocycles. The smallest absolute Gasteiger partial charge is 0.339 e. The van der Waals surface area contributed by atoms with Crippen LogP contribution in [0.3, 0.4) is 0 Å². The quantitative estimate of drug-likeness (QED) is 0.341. The molecule has 0 saturated heterocycles. The van der Waals surface area contributed by atoms with Crippen LogP contribution >= 0.6 is 11.6 Å². The van der Waals surface area contributed by atoms with Gasteiger partial charge in [0, 0.05) is 23.4 Å². The molecule has 0 amide bonds. The highest BCUT2D eigenvalue weighted by molar-refractivity contribution is 6.29. The van der Waals surface area contributed by atoms with Crippen LogP contribution in [0.4, 0.5) is 0 Å². The molecule has 0 radical (unpaired) electrons. The van der Waals surface area contributed by atoms with Crippen LogP contribution < -0.4 is 0 Å². The summed E-state index contributed by atoms with van der Waals surface area (Å²) in [6.45, 7) is 4.15. The molecule has 0 aliphatic carbocycles. The van der Waals surface area contributed by atoms with Crippen LogP contribution in [0.25, 0.3) is 22.3 Å². The third-order valence-electron chi connectivity index (χ3n) is 4.50. The van der Waals surface area contributed by atoms with Crippen LogP contribution in [0.1, 0.15) is 35.8 Å². The maximum absolute atomic E-state index is 12.9. The summed E-state index contributed by atoms with van der Waals surface area (Å²) in [5, 5.41) is 5.48. The number of rotatable bonds is 5. The molecule has 7 heteroatoms. The summed E-state index contributed by atoms with van der Waals surface area (Å²) in [4.78, 5) is 21.7. The number of carbonyl (C=O) groups is 1. The first kappa shape index (κ1) is 19.1. The van der Waals surface area contributed by atoms with Crippen LogP contribution in [-0.2, 0) is 11.3 Å². The summed E-state index contributed by atoms with van der Waals surface area (Å²) >= 11 is 5.80. The van der Waals surface area contributed by atoms with Crippen LogP contribution in [0, 0.1) is 0 Å². The molecule has 29 heavy (non-hydrogen) atoms. The van der Waals surface area contributed by atoms with Crippen molar-refractivity contribution >= 4 is 28.6 Å². The molecule has 146 valence electrons. The SMILES string of the molecule is CC(C)n1ncc2c(C(=O)OCc3ccc(Cl)nc3)cc(-c3ccccc3)nc21. The fourth-order valence-corrected chi connectivity index (χ4v) is 3.15. The van der Waals surface area contributed by atoms with E-state index in [0.29, 0.717) is 27.4 Å². The van der Waals surface area contributed by atoms with Gasteiger partial charge in [-0.05, 0) is 26.0 Å². The number of hydrogen-bond donors (Lipinski definition) is 0. The molecule has 4 aromatic rings. The highest BCUT2D eigenvalue weighted by Gasteiger charge is 2.19. The highest BCUT2D eigenvalue weighted by Crippen LogP contribution is 2.27. The fourth-order valence-electron chi connectivity index (χ4n) is 3.04. The van der Waals surface area contributed by atoms with Crippen molar-refractivity contribution in [2.24, 2.45) is 0 Å². The van der Waals surface area contributed by atoms with Gasteiger partial charge in [0.05, 0.1) is 22.8 Å². The van der Waals surface area contributed by atoms with E-state index >= 15 is 0 Å². The number of benzene rings is 1. The molecule has 4 rings (SSSR count). The van der Waals surface area contributed by atoms with E-state index in [1.807, 2.05) is 48.9 Å². The van der Waals surface area contributed by atoms with Crippen molar-refractivity contribution in [3.63, 3.8) is 0 Å². The molecule has 3 heterocycles. The summed E-state index contributed by atoms with van der Waals surface area (Å²) in [5.74, 6) is -0.437. The molecule has 6 nitrogen and oxygen atoms in total. The zero-order valence-corrected chi connectivity index (χ0v) is 16.8. The number of esters is 1. The molecule has 0 atom stereocenters. The Bertz CT molecular complexity index is 1150. The van der Waals surface area contributed by atoms with Crippen molar-refractivity contribution in [1.29, 1.82) is 0 Å². The Morgan fingerprint density at radius 1 is 1.14 bits per heavy atom. The largest absolute Gasteiger partial charge is 0.457 e. The lowest BCUT2D eigenvalue weighted by Crippen LogP contribution is -2.08. The lowest BCUT2D eigenvalue weighted by molar-refractivity contribution is 0.0474. The second kappa shape index (κ2) is 8.01. The van der Waals surface area contributed by atoms with Crippen molar-refractivity contribution < 1.29 is 9.53 Å². The minimum absolute atomic E-state index is 0.103. The molecule has 0 saturated carbocycles. The molecular weight excluding hydrogens is 388 g/mol. The van der Waals surface area contributed by atoms with E-state index in [4.69, 9.17) is 21.3 Å². The number of hydrogen-bond acceptors (Lipinski definition) is 5. The average molecular weight is 407 g/mol. The number of halogens is 1. The van der Waals surface area contributed by atoms with Crippen molar-refractivity contribution in [3.05, 3.63) is 77.2 Å². The van der Waals surface area contributed by atoms with Crippen molar-refractivity contribution in [3.8, 4) is 11.3 Å². The third kappa shape index (κ3) is 3.98. The maximum Gasteiger partial charge on any atom is 0.339 e. The Morgan fingerprint density at radius 3 is 2.62 bits per heavy atom.